The summed E-state index contributed by atoms with van der Waals surface area (Å²) in [4.78, 5) is 0. The van der Waals surface area contributed by atoms with Crippen LogP contribution in [0.4, 0.5) is 0 Å². The molecule has 0 aliphatic carbocycles. The molecule has 0 amide bonds. The van der Waals surface area contributed by atoms with Gasteiger partial charge >= 0.3 is 0 Å². The molecule has 0 fully saturated rings. The Morgan fingerprint density at radius 2 is 2.12 bits per heavy atom. The first-order valence-electron chi connectivity index (χ1n) is 5.98. The highest BCUT2D eigenvalue weighted by Gasteiger charge is 2.39. The van der Waals surface area contributed by atoms with Crippen LogP contribution in [0.25, 0.3) is 0 Å². The summed E-state index contributed by atoms with van der Waals surface area (Å²) < 4.78 is 12.3. The lowest BCUT2D eigenvalue weighted by Crippen LogP contribution is -2.48. The van der Waals surface area contributed by atoms with E-state index >= 15 is 0 Å². The van der Waals surface area contributed by atoms with Gasteiger partial charge in [0, 0.05) is 6.61 Å². The minimum Gasteiger partial charge on any atom is -0.466 e. The molecule has 0 saturated carbocycles. The molecule has 3 N–H and O–H groups in total. The molecule has 0 spiro atoms. The number of furan rings is 1. The average molecular weight is 305 g/mol. The smallest absolute Gasteiger partial charge is 0.139 e. The largest absolute Gasteiger partial charge is 0.466 e. The van der Waals surface area contributed by atoms with E-state index in [9.17, 15) is 0 Å². The van der Waals surface area contributed by atoms with Gasteiger partial charge in [-0.05, 0) is 41.8 Å². The Morgan fingerprint density at radius 1 is 1.47 bits per heavy atom. The standard InChI is InChI=1S/C12H21BrN2O2/c1-4-12(5-2,17-6-3)11(15-14)10-9(13)7-8-16-10/h7-8,11,15H,4-6,14H2,1-3H3. The minimum atomic E-state index is -0.343. The molecule has 0 aliphatic rings. The van der Waals surface area contributed by atoms with Gasteiger partial charge in [0.2, 0.25) is 0 Å². The Labute approximate surface area is 111 Å². The maximum atomic E-state index is 5.94. The molecule has 17 heavy (non-hydrogen) atoms. The molecule has 0 aliphatic heterocycles. The normalized spacial score (nSPS) is 13.9. The number of ether oxygens (including phenoxy) is 1. The summed E-state index contributed by atoms with van der Waals surface area (Å²) in [6.07, 6.45) is 3.37. The van der Waals surface area contributed by atoms with Crippen molar-refractivity contribution in [3.05, 3.63) is 22.6 Å². The second-order valence-corrected chi connectivity index (χ2v) is 4.79. The maximum absolute atomic E-state index is 5.94. The summed E-state index contributed by atoms with van der Waals surface area (Å²) in [6, 6.07) is 1.70. The van der Waals surface area contributed by atoms with Crippen LogP contribution in [-0.4, -0.2) is 12.2 Å². The van der Waals surface area contributed by atoms with Gasteiger partial charge in [0.25, 0.3) is 0 Å². The van der Waals surface area contributed by atoms with E-state index in [1.165, 1.54) is 0 Å². The van der Waals surface area contributed by atoms with Gasteiger partial charge in [0.15, 0.2) is 0 Å². The van der Waals surface area contributed by atoms with E-state index < -0.39 is 0 Å². The lowest BCUT2D eigenvalue weighted by Gasteiger charge is -2.38. The van der Waals surface area contributed by atoms with Crippen LogP contribution in [0.3, 0.4) is 0 Å². The van der Waals surface area contributed by atoms with Crippen molar-refractivity contribution in [2.75, 3.05) is 6.61 Å². The SMILES string of the molecule is CCOC(CC)(CC)C(NN)c1occc1Br. The lowest BCUT2D eigenvalue weighted by atomic mass is 9.87. The monoisotopic (exact) mass is 304 g/mol. The second-order valence-electron chi connectivity index (χ2n) is 3.94. The Hall–Kier alpha value is -0.360. The van der Waals surface area contributed by atoms with Crippen LogP contribution >= 0.6 is 15.9 Å². The van der Waals surface area contributed by atoms with Gasteiger partial charge in [0.1, 0.15) is 11.8 Å². The van der Waals surface area contributed by atoms with Crippen LogP contribution in [0.2, 0.25) is 0 Å². The van der Waals surface area contributed by atoms with Crippen molar-refractivity contribution >= 4 is 15.9 Å². The molecule has 1 atom stereocenters. The molecule has 1 aromatic rings. The summed E-state index contributed by atoms with van der Waals surface area (Å²) in [5.41, 5.74) is 2.48. The fraction of sp³-hybridized carbons (Fsp3) is 0.667. The number of nitrogens with two attached hydrogens (primary N) is 1. The zero-order valence-corrected chi connectivity index (χ0v) is 12.2. The predicted octanol–water partition coefficient (Wildman–Crippen LogP) is 3.14. The van der Waals surface area contributed by atoms with Crippen molar-refractivity contribution in [3.63, 3.8) is 0 Å². The average Bonchev–Trinajstić information content (AvgIpc) is 2.75. The summed E-state index contributed by atoms with van der Waals surface area (Å²) >= 11 is 3.46. The van der Waals surface area contributed by atoms with Crippen LogP contribution in [0.1, 0.15) is 45.4 Å². The van der Waals surface area contributed by atoms with E-state index in [2.05, 4.69) is 35.2 Å². The molecular weight excluding hydrogens is 284 g/mol. The second kappa shape index (κ2) is 6.54. The molecule has 1 unspecified atom stereocenters. The molecule has 4 nitrogen and oxygen atoms in total. The van der Waals surface area contributed by atoms with E-state index in [-0.39, 0.29) is 11.6 Å². The van der Waals surface area contributed by atoms with Crippen molar-refractivity contribution in [2.24, 2.45) is 5.84 Å². The quantitative estimate of drug-likeness (QED) is 0.600. The Balaban J connectivity index is 3.09. The van der Waals surface area contributed by atoms with E-state index in [0.717, 1.165) is 23.1 Å². The van der Waals surface area contributed by atoms with E-state index in [4.69, 9.17) is 15.0 Å². The zero-order chi connectivity index (χ0) is 12.9. The third kappa shape index (κ3) is 2.91. The number of nitrogens with one attached hydrogen (secondary N) is 1. The fourth-order valence-electron chi connectivity index (χ4n) is 2.21. The highest BCUT2D eigenvalue weighted by atomic mass is 79.9. The van der Waals surface area contributed by atoms with Gasteiger partial charge < -0.3 is 9.15 Å². The highest BCUT2D eigenvalue weighted by Crippen LogP contribution is 2.38. The lowest BCUT2D eigenvalue weighted by molar-refractivity contribution is -0.0778. The van der Waals surface area contributed by atoms with Gasteiger partial charge in [-0.3, -0.25) is 5.84 Å². The number of hydrogen-bond acceptors (Lipinski definition) is 4. The van der Waals surface area contributed by atoms with Gasteiger partial charge in [-0.25, -0.2) is 5.43 Å². The van der Waals surface area contributed by atoms with Crippen molar-refractivity contribution in [1.29, 1.82) is 0 Å². The van der Waals surface area contributed by atoms with Crippen LogP contribution < -0.4 is 11.3 Å². The van der Waals surface area contributed by atoms with Crippen molar-refractivity contribution in [2.45, 2.75) is 45.3 Å². The zero-order valence-electron chi connectivity index (χ0n) is 10.6. The van der Waals surface area contributed by atoms with Crippen molar-refractivity contribution < 1.29 is 9.15 Å². The van der Waals surface area contributed by atoms with E-state index in [0.29, 0.717) is 6.61 Å². The Bertz CT molecular complexity index is 337. The van der Waals surface area contributed by atoms with Crippen LogP contribution in [-0.2, 0) is 4.74 Å². The topological polar surface area (TPSA) is 60.4 Å². The molecular formula is C12H21BrN2O2. The van der Waals surface area contributed by atoms with Crippen molar-refractivity contribution in [1.82, 2.24) is 5.43 Å². The first-order valence-corrected chi connectivity index (χ1v) is 6.77. The first-order chi connectivity index (χ1) is 8.15. The highest BCUT2D eigenvalue weighted by molar-refractivity contribution is 9.10. The maximum Gasteiger partial charge on any atom is 0.139 e. The number of hydrazine groups is 1. The molecule has 98 valence electrons. The fourth-order valence-corrected chi connectivity index (χ4v) is 2.64. The summed E-state index contributed by atoms with van der Waals surface area (Å²) in [5, 5.41) is 0. The minimum absolute atomic E-state index is 0.165. The predicted molar refractivity (Wildman–Crippen MR) is 71.4 cm³/mol. The summed E-state index contributed by atoms with van der Waals surface area (Å²) in [5.74, 6) is 6.47. The van der Waals surface area contributed by atoms with E-state index in [1.54, 1.807) is 6.26 Å². The van der Waals surface area contributed by atoms with Gasteiger partial charge in [-0.2, -0.15) is 0 Å². The third-order valence-corrected chi connectivity index (χ3v) is 3.88. The molecule has 0 aromatic carbocycles. The number of rotatable bonds is 7. The Kier molecular flexibility index (Phi) is 5.66. The van der Waals surface area contributed by atoms with Crippen LogP contribution in [0, 0.1) is 0 Å². The third-order valence-electron chi connectivity index (χ3n) is 3.23. The molecule has 0 radical (unpaired) electrons. The van der Waals surface area contributed by atoms with Crippen molar-refractivity contribution in [3.8, 4) is 0 Å². The van der Waals surface area contributed by atoms with Gasteiger partial charge in [0.05, 0.1) is 16.3 Å². The first kappa shape index (κ1) is 14.7. The van der Waals surface area contributed by atoms with Crippen LogP contribution in [0.5, 0.6) is 0 Å². The molecule has 0 saturated heterocycles. The molecule has 5 heteroatoms. The van der Waals surface area contributed by atoms with Gasteiger partial charge in [-0.1, -0.05) is 13.8 Å². The summed E-state index contributed by atoms with van der Waals surface area (Å²) in [7, 11) is 0. The molecule has 1 aromatic heterocycles. The Morgan fingerprint density at radius 3 is 2.47 bits per heavy atom. The molecule has 1 heterocycles. The van der Waals surface area contributed by atoms with E-state index in [1.807, 2.05) is 13.0 Å². The number of hydrogen-bond donors (Lipinski definition) is 2. The van der Waals surface area contributed by atoms with Gasteiger partial charge in [-0.15, -0.1) is 0 Å². The summed E-state index contributed by atoms with van der Waals surface area (Å²) in [6.45, 7) is 6.84. The van der Waals surface area contributed by atoms with Crippen LogP contribution in [0.15, 0.2) is 21.2 Å². The molecule has 0 bridgehead atoms. The number of halogens is 1. The molecule has 1 rings (SSSR count).